The van der Waals surface area contributed by atoms with Crippen molar-refractivity contribution in [3.63, 3.8) is 0 Å². The highest BCUT2D eigenvalue weighted by molar-refractivity contribution is 5.85. The molecule has 0 aromatic rings. The maximum atomic E-state index is 12.6. The standard InChI is InChI=1S/C17H31N3O2.ClH/c1-14(2)16(22)20-10-8-19(9-11-20)15(21)12-17(13-18)6-4-3-5-7-17;/h14H,3-13,18H2,1-2H3;1H. The topological polar surface area (TPSA) is 66.6 Å². The van der Waals surface area contributed by atoms with E-state index in [2.05, 4.69) is 0 Å². The second kappa shape index (κ2) is 8.88. The van der Waals surface area contributed by atoms with Gasteiger partial charge in [0.25, 0.3) is 0 Å². The van der Waals surface area contributed by atoms with E-state index >= 15 is 0 Å². The first-order valence-corrected chi connectivity index (χ1v) is 8.74. The van der Waals surface area contributed by atoms with Gasteiger partial charge in [-0.25, -0.2) is 0 Å². The van der Waals surface area contributed by atoms with Crippen LogP contribution >= 0.6 is 12.4 Å². The van der Waals surface area contributed by atoms with E-state index in [0.29, 0.717) is 39.1 Å². The molecule has 2 rings (SSSR count). The molecule has 0 atom stereocenters. The summed E-state index contributed by atoms with van der Waals surface area (Å²) in [5.41, 5.74) is 6.02. The second-order valence-corrected chi connectivity index (χ2v) is 7.30. The van der Waals surface area contributed by atoms with Gasteiger partial charge in [0.05, 0.1) is 0 Å². The molecule has 1 aliphatic heterocycles. The van der Waals surface area contributed by atoms with Crippen molar-refractivity contribution < 1.29 is 9.59 Å². The molecule has 1 aliphatic carbocycles. The summed E-state index contributed by atoms with van der Waals surface area (Å²) >= 11 is 0. The van der Waals surface area contributed by atoms with Crippen LogP contribution in [0.15, 0.2) is 0 Å². The highest BCUT2D eigenvalue weighted by atomic mass is 35.5. The van der Waals surface area contributed by atoms with E-state index in [1.165, 1.54) is 19.3 Å². The zero-order valence-electron chi connectivity index (χ0n) is 14.6. The largest absolute Gasteiger partial charge is 0.339 e. The van der Waals surface area contributed by atoms with Gasteiger partial charge in [0, 0.05) is 38.5 Å². The van der Waals surface area contributed by atoms with Crippen molar-refractivity contribution in [2.75, 3.05) is 32.7 Å². The minimum Gasteiger partial charge on any atom is -0.339 e. The Bertz CT molecular complexity index is 401. The Balaban J connectivity index is 0.00000264. The quantitative estimate of drug-likeness (QED) is 0.847. The Morgan fingerprint density at radius 2 is 1.52 bits per heavy atom. The van der Waals surface area contributed by atoms with Gasteiger partial charge in [0.15, 0.2) is 0 Å². The van der Waals surface area contributed by atoms with Crippen LogP contribution in [0.3, 0.4) is 0 Å². The molecule has 2 aliphatic rings. The molecule has 0 aromatic carbocycles. The molecular formula is C17H32ClN3O2. The number of nitrogens with two attached hydrogens (primary N) is 1. The molecule has 2 amide bonds. The van der Waals surface area contributed by atoms with E-state index in [1.54, 1.807) is 0 Å². The molecule has 0 radical (unpaired) electrons. The van der Waals surface area contributed by atoms with Crippen molar-refractivity contribution in [3.8, 4) is 0 Å². The molecular weight excluding hydrogens is 314 g/mol. The number of carbonyl (C=O) groups is 2. The fraction of sp³-hybridized carbons (Fsp3) is 0.882. The van der Waals surface area contributed by atoms with Gasteiger partial charge in [0.1, 0.15) is 0 Å². The van der Waals surface area contributed by atoms with E-state index in [-0.39, 0.29) is 35.6 Å². The zero-order valence-corrected chi connectivity index (χ0v) is 15.4. The number of piperazine rings is 1. The monoisotopic (exact) mass is 345 g/mol. The number of rotatable bonds is 4. The summed E-state index contributed by atoms with van der Waals surface area (Å²) in [6, 6.07) is 0. The Morgan fingerprint density at radius 1 is 1.00 bits per heavy atom. The Labute approximate surface area is 146 Å². The zero-order chi connectivity index (χ0) is 16.2. The lowest BCUT2D eigenvalue weighted by Crippen LogP contribution is -2.52. The van der Waals surface area contributed by atoms with Crippen LogP contribution in [0, 0.1) is 11.3 Å². The third-order valence-corrected chi connectivity index (χ3v) is 5.31. The maximum absolute atomic E-state index is 12.6. The molecule has 2 N–H and O–H groups in total. The number of hydrogen-bond acceptors (Lipinski definition) is 3. The lowest BCUT2D eigenvalue weighted by atomic mass is 9.71. The first kappa shape index (κ1) is 20.2. The van der Waals surface area contributed by atoms with Gasteiger partial charge in [-0.05, 0) is 24.8 Å². The van der Waals surface area contributed by atoms with Crippen LogP contribution in [-0.4, -0.2) is 54.3 Å². The molecule has 134 valence electrons. The van der Waals surface area contributed by atoms with Crippen molar-refractivity contribution in [1.29, 1.82) is 0 Å². The summed E-state index contributed by atoms with van der Waals surface area (Å²) < 4.78 is 0. The van der Waals surface area contributed by atoms with Crippen molar-refractivity contribution in [3.05, 3.63) is 0 Å². The summed E-state index contributed by atoms with van der Waals surface area (Å²) in [6.07, 6.45) is 6.41. The van der Waals surface area contributed by atoms with Gasteiger partial charge >= 0.3 is 0 Å². The highest BCUT2D eigenvalue weighted by Gasteiger charge is 2.35. The number of hydrogen-bond donors (Lipinski definition) is 1. The lowest BCUT2D eigenvalue weighted by molar-refractivity contribution is -0.142. The normalized spacial score (nSPS) is 21.0. The average Bonchev–Trinajstić information content (AvgIpc) is 2.55. The summed E-state index contributed by atoms with van der Waals surface area (Å²) in [6.45, 7) is 7.12. The average molecular weight is 346 g/mol. The van der Waals surface area contributed by atoms with Crippen LogP contribution < -0.4 is 5.73 Å². The van der Waals surface area contributed by atoms with Crippen LogP contribution in [0.5, 0.6) is 0 Å². The van der Waals surface area contributed by atoms with Crippen LogP contribution in [-0.2, 0) is 9.59 Å². The van der Waals surface area contributed by atoms with Crippen LogP contribution in [0.25, 0.3) is 0 Å². The van der Waals surface area contributed by atoms with Gasteiger partial charge < -0.3 is 15.5 Å². The smallest absolute Gasteiger partial charge is 0.225 e. The summed E-state index contributed by atoms with van der Waals surface area (Å²) in [4.78, 5) is 28.4. The second-order valence-electron chi connectivity index (χ2n) is 7.30. The number of carbonyl (C=O) groups excluding carboxylic acids is 2. The molecule has 1 saturated carbocycles. The molecule has 0 bridgehead atoms. The van der Waals surface area contributed by atoms with Gasteiger partial charge in [-0.15, -0.1) is 12.4 Å². The minimum absolute atomic E-state index is 0. The molecule has 1 saturated heterocycles. The van der Waals surface area contributed by atoms with Crippen LogP contribution in [0.2, 0.25) is 0 Å². The molecule has 0 spiro atoms. The van der Waals surface area contributed by atoms with Crippen molar-refractivity contribution in [2.45, 2.75) is 52.4 Å². The summed E-state index contributed by atoms with van der Waals surface area (Å²) in [5.74, 6) is 0.451. The van der Waals surface area contributed by atoms with Crippen molar-refractivity contribution >= 4 is 24.2 Å². The number of amides is 2. The van der Waals surface area contributed by atoms with Crippen molar-refractivity contribution in [2.24, 2.45) is 17.1 Å². The van der Waals surface area contributed by atoms with Gasteiger partial charge in [-0.2, -0.15) is 0 Å². The van der Waals surface area contributed by atoms with E-state index in [1.807, 2.05) is 23.6 Å². The third kappa shape index (κ3) is 5.08. The van der Waals surface area contributed by atoms with E-state index < -0.39 is 0 Å². The summed E-state index contributed by atoms with van der Waals surface area (Å²) in [7, 11) is 0. The van der Waals surface area contributed by atoms with Crippen LogP contribution in [0.4, 0.5) is 0 Å². The molecule has 23 heavy (non-hydrogen) atoms. The fourth-order valence-electron chi connectivity index (χ4n) is 3.73. The Kier molecular flexibility index (Phi) is 7.81. The van der Waals surface area contributed by atoms with Crippen LogP contribution in [0.1, 0.15) is 52.4 Å². The first-order chi connectivity index (χ1) is 10.5. The van der Waals surface area contributed by atoms with Crippen molar-refractivity contribution in [1.82, 2.24) is 9.80 Å². The fourth-order valence-corrected chi connectivity index (χ4v) is 3.73. The minimum atomic E-state index is 0. The Morgan fingerprint density at radius 3 is 2.00 bits per heavy atom. The number of nitrogens with zero attached hydrogens (tertiary/aromatic N) is 2. The molecule has 5 nitrogen and oxygen atoms in total. The predicted octanol–water partition coefficient (Wildman–Crippen LogP) is 2.03. The third-order valence-electron chi connectivity index (χ3n) is 5.31. The number of halogens is 1. The molecule has 0 unspecified atom stereocenters. The molecule has 2 fully saturated rings. The van der Waals surface area contributed by atoms with E-state index in [0.717, 1.165) is 12.8 Å². The first-order valence-electron chi connectivity index (χ1n) is 8.74. The van der Waals surface area contributed by atoms with Gasteiger partial charge in [0.2, 0.25) is 11.8 Å². The molecule has 6 heteroatoms. The maximum Gasteiger partial charge on any atom is 0.225 e. The Hall–Kier alpha value is -0.810. The highest BCUT2D eigenvalue weighted by Crippen LogP contribution is 2.38. The molecule has 0 aromatic heterocycles. The lowest BCUT2D eigenvalue weighted by Gasteiger charge is -2.40. The summed E-state index contributed by atoms with van der Waals surface area (Å²) in [5, 5.41) is 0. The molecule has 1 heterocycles. The predicted molar refractivity (Wildman–Crippen MR) is 94.4 cm³/mol. The van der Waals surface area contributed by atoms with Gasteiger partial charge in [-0.3, -0.25) is 9.59 Å². The van der Waals surface area contributed by atoms with Gasteiger partial charge in [-0.1, -0.05) is 33.1 Å². The SMILES string of the molecule is CC(C)C(=O)N1CCN(C(=O)CC2(CN)CCCCC2)CC1.Cl. The van der Waals surface area contributed by atoms with E-state index in [4.69, 9.17) is 5.73 Å². The van der Waals surface area contributed by atoms with E-state index in [9.17, 15) is 9.59 Å².